The molecule has 0 radical (unpaired) electrons. The molecule has 0 bridgehead atoms. The Hall–Kier alpha value is -1.40. The Morgan fingerprint density at radius 2 is 2.17 bits per heavy atom. The van der Waals surface area contributed by atoms with Gasteiger partial charge in [0.2, 0.25) is 5.91 Å². The largest absolute Gasteiger partial charge is 0.312 e. The van der Waals surface area contributed by atoms with Crippen molar-refractivity contribution in [2.24, 2.45) is 0 Å². The van der Waals surface area contributed by atoms with Crippen LogP contribution in [-0.4, -0.2) is 28.4 Å². The average Bonchev–Trinajstić information content (AvgIpc) is 2.92. The predicted molar refractivity (Wildman–Crippen MR) is 75.1 cm³/mol. The van der Waals surface area contributed by atoms with Gasteiger partial charge in [0.25, 0.3) is 0 Å². The van der Waals surface area contributed by atoms with E-state index in [0.717, 1.165) is 10.0 Å². The Labute approximate surface area is 114 Å². The van der Waals surface area contributed by atoms with Crippen molar-refractivity contribution >= 4 is 34.7 Å². The lowest BCUT2D eigenvalue weighted by molar-refractivity contribution is -0.116. The fourth-order valence-corrected chi connectivity index (χ4v) is 2.90. The zero-order valence-corrected chi connectivity index (χ0v) is 11.6. The number of thioether (sulfide) groups is 1. The Bertz CT molecular complexity index is 487. The summed E-state index contributed by atoms with van der Waals surface area (Å²) in [4.78, 5) is 13.9. The highest BCUT2D eigenvalue weighted by molar-refractivity contribution is 8.01. The van der Waals surface area contributed by atoms with Crippen LogP contribution in [0.15, 0.2) is 40.2 Å². The summed E-state index contributed by atoms with van der Waals surface area (Å²) >= 11 is 2.88. The van der Waals surface area contributed by atoms with Crippen LogP contribution in [0.25, 0.3) is 0 Å². The van der Waals surface area contributed by atoms with E-state index in [1.54, 1.807) is 10.4 Å². The van der Waals surface area contributed by atoms with E-state index in [1.807, 2.05) is 37.3 Å². The van der Waals surface area contributed by atoms with Crippen LogP contribution in [0.4, 0.5) is 5.69 Å². The Kier molecular flexibility index (Phi) is 4.72. The molecule has 1 aromatic heterocycles. The third-order valence-electron chi connectivity index (χ3n) is 2.34. The van der Waals surface area contributed by atoms with E-state index in [-0.39, 0.29) is 5.91 Å². The molecule has 6 heteroatoms. The number of aromatic nitrogens is 2. The molecule has 0 saturated heterocycles. The van der Waals surface area contributed by atoms with E-state index < -0.39 is 0 Å². The van der Waals surface area contributed by atoms with Crippen LogP contribution in [0.2, 0.25) is 0 Å². The lowest BCUT2D eigenvalue weighted by atomic mass is 10.3. The van der Waals surface area contributed by atoms with Gasteiger partial charge >= 0.3 is 0 Å². The molecule has 2 aromatic rings. The minimum atomic E-state index is 0.0869. The third-order valence-corrected chi connectivity index (χ3v) is 4.19. The highest BCUT2D eigenvalue weighted by Crippen LogP contribution is 2.21. The minimum absolute atomic E-state index is 0.0869. The highest BCUT2D eigenvalue weighted by Gasteiger charge is 2.14. The maximum atomic E-state index is 12.1. The molecule has 0 aliphatic carbocycles. The Morgan fingerprint density at radius 3 is 2.78 bits per heavy atom. The molecule has 0 aliphatic heterocycles. The quantitative estimate of drug-likeness (QED) is 0.789. The molecule has 1 amide bonds. The summed E-state index contributed by atoms with van der Waals surface area (Å²) in [5.41, 5.74) is 2.60. The van der Waals surface area contributed by atoms with Crippen LogP contribution in [0, 0.1) is 0 Å². The van der Waals surface area contributed by atoms with E-state index in [9.17, 15) is 4.79 Å². The van der Waals surface area contributed by atoms with Crippen molar-refractivity contribution in [1.82, 2.24) is 10.2 Å². The van der Waals surface area contributed by atoms with Gasteiger partial charge in [-0.05, 0) is 19.1 Å². The van der Waals surface area contributed by atoms with Crippen molar-refractivity contribution in [3.05, 3.63) is 35.8 Å². The number of carbonyl (C=O) groups excluding carboxylic acids is 1. The van der Waals surface area contributed by atoms with Crippen LogP contribution in [0.3, 0.4) is 0 Å². The normalized spacial score (nSPS) is 10.3. The molecule has 4 nitrogen and oxygen atoms in total. The van der Waals surface area contributed by atoms with Crippen LogP contribution >= 0.6 is 23.1 Å². The standard InChI is InChI=1S/C12H13N3OS2/c1-2-15(10-6-4-3-5-7-10)11(16)8-17-12-14-13-9-18-12/h3-7,9H,2,8H2,1H3. The molecular weight excluding hydrogens is 266 g/mol. The van der Waals surface area contributed by atoms with Gasteiger partial charge in [-0.3, -0.25) is 4.79 Å². The summed E-state index contributed by atoms with van der Waals surface area (Å²) < 4.78 is 0.826. The molecular formula is C12H13N3OS2. The van der Waals surface area contributed by atoms with Gasteiger partial charge in [0.15, 0.2) is 4.34 Å². The molecule has 94 valence electrons. The van der Waals surface area contributed by atoms with Gasteiger partial charge in [0.05, 0.1) is 5.75 Å². The Balaban J connectivity index is 1.98. The molecule has 2 rings (SSSR count). The first-order valence-electron chi connectivity index (χ1n) is 5.55. The molecule has 0 atom stereocenters. The molecule has 0 saturated carbocycles. The first-order valence-corrected chi connectivity index (χ1v) is 7.42. The smallest absolute Gasteiger partial charge is 0.237 e. The van der Waals surface area contributed by atoms with E-state index in [2.05, 4.69) is 10.2 Å². The zero-order chi connectivity index (χ0) is 12.8. The van der Waals surface area contributed by atoms with E-state index in [1.165, 1.54) is 23.1 Å². The molecule has 0 N–H and O–H groups in total. The fourth-order valence-electron chi connectivity index (χ4n) is 1.54. The van der Waals surface area contributed by atoms with Gasteiger partial charge in [-0.2, -0.15) is 0 Å². The number of benzene rings is 1. The van der Waals surface area contributed by atoms with E-state index in [4.69, 9.17) is 0 Å². The lowest BCUT2D eigenvalue weighted by Crippen LogP contribution is -2.32. The summed E-state index contributed by atoms with van der Waals surface area (Å²) in [6.07, 6.45) is 0. The highest BCUT2D eigenvalue weighted by atomic mass is 32.2. The number of carbonyl (C=O) groups is 1. The van der Waals surface area contributed by atoms with E-state index in [0.29, 0.717) is 12.3 Å². The number of para-hydroxylation sites is 1. The first kappa shape index (κ1) is 13.0. The van der Waals surface area contributed by atoms with Crippen molar-refractivity contribution in [2.45, 2.75) is 11.3 Å². The summed E-state index contributed by atoms with van der Waals surface area (Å²) in [6.45, 7) is 2.64. The number of rotatable bonds is 5. The summed E-state index contributed by atoms with van der Waals surface area (Å²) in [6, 6.07) is 9.69. The van der Waals surface area contributed by atoms with E-state index >= 15 is 0 Å². The molecule has 18 heavy (non-hydrogen) atoms. The van der Waals surface area contributed by atoms with Crippen molar-refractivity contribution in [3.8, 4) is 0 Å². The number of hydrogen-bond acceptors (Lipinski definition) is 5. The average molecular weight is 279 g/mol. The summed E-state index contributed by atoms with van der Waals surface area (Å²) in [5, 5.41) is 7.65. The fraction of sp³-hybridized carbons (Fsp3) is 0.250. The SMILES string of the molecule is CCN(C(=O)CSc1nncs1)c1ccccc1. The monoisotopic (exact) mass is 279 g/mol. The predicted octanol–water partition coefficient (Wildman–Crippen LogP) is 2.68. The maximum absolute atomic E-state index is 12.1. The molecule has 0 spiro atoms. The van der Waals surface area contributed by atoms with Crippen LogP contribution < -0.4 is 4.90 Å². The second-order valence-electron chi connectivity index (χ2n) is 3.47. The number of hydrogen-bond donors (Lipinski definition) is 0. The number of nitrogens with zero attached hydrogens (tertiary/aromatic N) is 3. The van der Waals surface area contributed by atoms with Crippen molar-refractivity contribution < 1.29 is 4.79 Å². The van der Waals surface area contributed by atoms with Gasteiger partial charge in [0, 0.05) is 12.2 Å². The Morgan fingerprint density at radius 1 is 1.39 bits per heavy atom. The van der Waals surface area contributed by atoms with Gasteiger partial charge in [-0.25, -0.2) is 0 Å². The summed E-state index contributed by atoms with van der Waals surface area (Å²) in [7, 11) is 0. The van der Waals surface area contributed by atoms with Gasteiger partial charge in [0.1, 0.15) is 5.51 Å². The van der Waals surface area contributed by atoms with Crippen molar-refractivity contribution in [2.75, 3.05) is 17.2 Å². The maximum Gasteiger partial charge on any atom is 0.237 e. The second-order valence-corrected chi connectivity index (χ2v) is 5.52. The van der Waals surface area contributed by atoms with Crippen molar-refractivity contribution in [1.29, 1.82) is 0 Å². The van der Waals surface area contributed by atoms with Crippen LogP contribution in [0.1, 0.15) is 6.92 Å². The van der Waals surface area contributed by atoms with Gasteiger partial charge < -0.3 is 4.90 Å². The van der Waals surface area contributed by atoms with Gasteiger partial charge in [-0.1, -0.05) is 41.3 Å². The van der Waals surface area contributed by atoms with Crippen molar-refractivity contribution in [3.63, 3.8) is 0 Å². The topological polar surface area (TPSA) is 46.1 Å². The molecule has 0 aliphatic rings. The minimum Gasteiger partial charge on any atom is -0.312 e. The van der Waals surface area contributed by atoms with Crippen LogP contribution in [-0.2, 0) is 4.79 Å². The summed E-state index contributed by atoms with van der Waals surface area (Å²) in [5.74, 6) is 0.474. The number of amides is 1. The van der Waals surface area contributed by atoms with Crippen LogP contribution in [0.5, 0.6) is 0 Å². The molecule has 1 heterocycles. The molecule has 0 unspecified atom stereocenters. The molecule has 0 fully saturated rings. The number of anilines is 1. The zero-order valence-electron chi connectivity index (χ0n) is 9.94. The molecule has 1 aromatic carbocycles. The van der Waals surface area contributed by atoms with Gasteiger partial charge in [-0.15, -0.1) is 10.2 Å². The first-order chi connectivity index (χ1) is 8.81. The second kappa shape index (κ2) is 6.51. The third kappa shape index (κ3) is 3.30. The lowest BCUT2D eigenvalue weighted by Gasteiger charge is -2.20.